The summed E-state index contributed by atoms with van der Waals surface area (Å²) in [6.45, 7) is 3.12. The monoisotopic (exact) mass is 216 g/mol. The van der Waals surface area contributed by atoms with Crippen LogP contribution in [-0.4, -0.2) is 49.9 Å². The smallest absolute Gasteiger partial charge is 0.409 e. The Morgan fingerprint density at radius 1 is 1.73 bits per heavy atom. The highest BCUT2D eigenvalue weighted by molar-refractivity contribution is 5.69. The average Bonchev–Trinajstić information content (AvgIpc) is 2.46. The van der Waals surface area contributed by atoms with Crippen molar-refractivity contribution in [3.63, 3.8) is 0 Å². The number of likely N-dealkylation sites (N-methyl/N-ethyl adjacent to an activating group) is 1. The van der Waals surface area contributed by atoms with Gasteiger partial charge in [-0.1, -0.05) is 0 Å². The third-order valence-corrected chi connectivity index (χ3v) is 2.07. The molecule has 0 saturated carbocycles. The molecule has 0 spiro atoms. The molecule has 0 aromatic rings. The van der Waals surface area contributed by atoms with Crippen molar-refractivity contribution >= 4 is 12.2 Å². The first-order chi connectivity index (χ1) is 7.13. The number of carbonyl (C=O) groups is 2. The molecule has 86 valence electrons. The number of carbonyl (C=O) groups excluding carboxylic acids is 2. The van der Waals surface area contributed by atoms with Crippen LogP contribution in [0.2, 0.25) is 0 Å². The van der Waals surface area contributed by atoms with E-state index in [-0.39, 0.29) is 12.2 Å². The predicted molar refractivity (Wildman–Crippen MR) is 52.5 cm³/mol. The molecule has 0 aromatic heterocycles. The van der Waals surface area contributed by atoms with E-state index in [1.165, 1.54) is 4.90 Å². The Balaban J connectivity index is 2.11. The SMILES string of the molecule is CCOC(=O)NCCC1CN(C)C(=O)O1. The number of amides is 2. The molecule has 1 saturated heterocycles. The fourth-order valence-electron chi connectivity index (χ4n) is 1.32. The summed E-state index contributed by atoms with van der Waals surface area (Å²) in [5, 5.41) is 2.57. The Morgan fingerprint density at radius 2 is 2.47 bits per heavy atom. The standard InChI is InChI=1S/C9H16N2O4/c1-3-14-8(12)10-5-4-7-6-11(2)9(13)15-7/h7H,3-6H2,1-2H3,(H,10,12). The summed E-state index contributed by atoms with van der Waals surface area (Å²) in [7, 11) is 1.68. The van der Waals surface area contributed by atoms with E-state index in [1.54, 1.807) is 14.0 Å². The van der Waals surface area contributed by atoms with Crippen LogP contribution in [-0.2, 0) is 9.47 Å². The van der Waals surface area contributed by atoms with Gasteiger partial charge in [-0.25, -0.2) is 9.59 Å². The number of ether oxygens (including phenoxy) is 2. The fourth-order valence-corrected chi connectivity index (χ4v) is 1.32. The van der Waals surface area contributed by atoms with Crippen LogP contribution in [0.4, 0.5) is 9.59 Å². The van der Waals surface area contributed by atoms with Gasteiger partial charge in [0.1, 0.15) is 6.10 Å². The lowest BCUT2D eigenvalue weighted by Crippen LogP contribution is -2.28. The first-order valence-corrected chi connectivity index (χ1v) is 4.96. The molecule has 6 nitrogen and oxygen atoms in total. The van der Waals surface area contributed by atoms with E-state index in [9.17, 15) is 9.59 Å². The van der Waals surface area contributed by atoms with Gasteiger partial charge in [0, 0.05) is 20.0 Å². The van der Waals surface area contributed by atoms with Crippen LogP contribution in [0.5, 0.6) is 0 Å². The van der Waals surface area contributed by atoms with E-state index in [4.69, 9.17) is 4.74 Å². The number of nitrogens with one attached hydrogen (secondary N) is 1. The van der Waals surface area contributed by atoms with Crippen LogP contribution in [0.25, 0.3) is 0 Å². The van der Waals surface area contributed by atoms with Crippen LogP contribution >= 0.6 is 0 Å². The van der Waals surface area contributed by atoms with Crippen LogP contribution in [0, 0.1) is 0 Å². The molecule has 6 heteroatoms. The molecule has 1 N–H and O–H groups in total. The van der Waals surface area contributed by atoms with Crippen molar-refractivity contribution in [3.05, 3.63) is 0 Å². The maximum absolute atomic E-state index is 11.0. The summed E-state index contributed by atoms with van der Waals surface area (Å²) >= 11 is 0. The molecule has 1 heterocycles. The minimum absolute atomic E-state index is 0.135. The van der Waals surface area contributed by atoms with E-state index >= 15 is 0 Å². The Bertz CT molecular complexity index is 244. The van der Waals surface area contributed by atoms with Crippen LogP contribution in [0.15, 0.2) is 0 Å². The van der Waals surface area contributed by atoms with E-state index < -0.39 is 6.09 Å². The lowest BCUT2D eigenvalue weighted by atomic mass is 10.2. The summed E-state index contributed by atoms with van der Waals surface area (Å²) in [5.41, 5.74) is 0. The maximum Gasteiger partial charge on any atom is 0.409 e. The van der Waals surface area contributed by atoms with Crippen molar-refractivity contribution in [2.24, 2.45) is 0 Å². The summed E-state index contributed by atoms with van der Waals surface area (Å²) in [6.07, 6.45) is -0.273. The maximum atomic E-state index is 11.0. The number of hydrogen-bond donors (Lipinski definition) is 1. The zero-order valence-electron chi connectivity index (χ0n) is 8.99. The molecular weight excluding hydrogens is 200 g/mol. The first-order valence-electron chi connectivity index (χ1n) is 4.96. The van der Waals surface area contributed by atoms with E-state index in [0.717, 1.165) is 0 Å². The summed E-state index contributed by atoms with van der Waals surface area (Å²) in [4.78, 5) is 23.4. The summed E-state index contributed by atoms with van der Waals surface area (Å²) in [5.74, 6) is 0. The summed E-state index contributed by atoms with van der Waals surface area (Å²) < 4.78 is 9.69. The normalized spacial score (nSPS) is 20.0. The third-order valence-electron chi connectivity index (χ3n) is 2.07. The largest absolute Gasteiger partial charge is 0.450 e. The highest BCUT2D eigenvalue weighted by Crippen LogP contribution is 2.10. The van der Waals surface area contributed by atoms with Gasteiger partial charge in [-0.05, 0) is 6.92 Å². The van der Waals surface area contributed by atoms with Gasteiger partial charge in [0.05, 0.1) is 13.2 Å². The van der Waals surface area contributed by atoms with E-state index in [0.29, 0.717) is 26.1 Å². The van der Waals surface area contributed by atoms with Gasteiger partial charge in [-0.2, -0.15) is 0 Å². The highest BCUT2D eigenvalue weighted by atomic mass is 16.6. The molecule has 2 amide bonds. The zero-order chi connectivity index (χ0) is 11.3. The Labute approximate surface area is 88.5 Å². The van der Waals surface area contributed by atoms with Crippen molar-refractivity contribution in [1.29, 1.82) is 0 Å². The number of hydrogen-bond acceptors (Lipinski definition) is 4. The molecule has 1 atom stereocenters. The quantitative estimate of drug-likeness (QED) is 0.746. The van der Waals surface area contributed by atoms with Gasteiger partial charge in [0.2, 0.25) is 0 Å². The zero-order valence-corrected chi connectivity index (χ0v) is 8.99. The Kier molecular flexibility index (Phi) is 4.20. The molecule has 0 radical (unpaired) electrons. The average molecular weight is 216 g/mol. The third kappa shape index (κ3) is 3.65. The van der Waals surface area contributed by atoms with Crippen LogP contribution in [0.1, 0.15) is 13.3 Å². The molecule has 1 aliphatic heterocycles. The molecule has 1 rings (SSSR count). The second-order valence-corrected chi connectivity index (χ2v) is 3.32. The lowest BCUT2D eigenvalue weighted by molar-refractivity contribution is 0.128. The number of cyclic esters (lactones) is 1. The number of rotatable bonds is 4. The lowest BCUT2D eigenvalue weighted by Gasteiger charge is -2.08. The first kappa shape index (κ1) is 11.6. The molecule has 1 unspecified atom stereocenters. The van der Waals surface area contributed by atoms with Gasteiger partial charge in [0.25, 0.3) is 0 Å². The Morgan fingerprint density at radius 3 is 3.00 bits per heavy atom. The van der Waals surface area contributed by atoms with Gasteiger partial charge in [-0.3, -0.25) is 0 Å². The van der Waals surface area contributed by atoms with Gasteiger partial charge in [0.15, 0.2) is 0 Å². The Hall–Kier alpha value is -1.46. The van der Waals surface area contributed by atoms with E-state index in [2.05, 4.69) is 10.1 Å². The highest BCUT2D eigenvalue weighted by Gasteiger charge is 2.27. The van der Waals surface area contributed by atoms with Crippen molar-refractivity contribution in [2.75, 3.05) is 26.7 Å². The van der Waals surface area contributed by atoms with E-state index in [1.807, 2.05) is 0 Å². The molecule has 1 fully saturated rings. The second-order valence-electron chi connectivity index (χ2n) is 3.32. The van der Waals surface area contributed by atoms with Crippen LogP contribution in [0.3, 0.4) is 0 Å². The molecule has 0 aromatic carbocycles. The van der Waals surface area contributed by atoms with Crippen molar-refractivity contribution in [3.8, 4) is 0 Å². The van der Waals surface area contributed by atoms with Gasteiger partial charge >= 0.3 is 12.2 Å². The van der Waals surface area contributed by atoms with Crippen LogP contribution < -0.4 is 5.32 Å². The molecule has 1 aliphatic rings. The fraction of sp³-hybridized carbons (Fsp3) is 0.778. The van der Waals surface area contributed by atoms with Crippen molar-refractivity contribution in [2.45, 2.75) is 19.4 Å². The number of alkyl carbamates (subject to hydrolysis) is 1. The van der Waals surface area contributed by atoms with Gasteiger partial charge in [-0.15, -0.1) is 0 Å². The van der Waals surface area contributed by atoms with Crippen molar-refractivity contribution < 1.29 is 19.1 Å². The molecule has 0 bridgehead atoms. The second kappa shape index (κ2) is 5.43. The number of nitrogens with zero attached hydrogens (tertiary/aromatic N) is 1. The van der Waals surface area contributed by atoms with Crippen molar-refractivity contribution in [1.82, 2.24) is 10.2 Å². The predicted octanol–water partition coefficient (Wildman–Crippen LogP) is 0.573. The van der Waals surface area contributed by atoms with Gasteiger partial charge < -0.3 is 19.7 Å². The minimum atomic E-state index is -0.435. The molecular formula is C9H16N2O4. The summed E-state index contributed by atoms with van der Waals surface area (Å²) in [6, 6.07) is 0. The molecule has 0 aliphatic carbocycles. The topological polar surface area (TPSA) is 67.9 Å². The molecule has 15 heavy (non-hydrogen) atoms. The minimum Gasteiger partial charge on any atom is -0.450 e.